The van der Waals surface area contributed by atoms with Crippen molar-refractivity contribution in [3.05, 3.63) is 42.0 Å². The summed E-state index contributed by atoms with van der Waals surface area (Å²) in [6.45, 7) is 0.352. The van der Waals surface area contributed by atoms with Gasteiger partial charge in [0.05, 0.1) is 13.5 Å². The van der Waals surface area contributed by atoms with Crippen LogP contribution in [0.2, 0.25) is 0 Å². The van der Waals surface area contributed by atoms with Crippen LogP contribution in [0.15, 0.2) is 36.4 Å². The van der Waals surface area contributed by atoms with Gasteiger partial charge >= 0.3 is 5.97 Å². The molecule has 0 unspecified atom stereocenters. The Morgan fingerprint density at radius 2 is 1.94 bits per heavy atom. The van der Waals surface area contributed by atoms with Gasteiger partial charge in [-0.2, -0.15) is 0 Å². The van der Waals surface area contributed by atoms with Gasteiger partial charge in [0.2, 0.25) is 5.91 Å². The van der Waals surface area contributed by atoms with E-state index in [9.17, 15) is 9.59 Å². The third-order valence-corrected chi connectivity index (χ3v) is 2.47. The van der Waals surface area contributed by atoms with Crippen molar-refractivity contribution in [3.8, 4) is 0 Å². The summed E-state index contributed by atoms with van der Waals surface area (Å²) in [6.07, 6.45) is 3.45. The molecule has 0 saturated heterocycles. The molecule has 0 N–H and O–H groups in total. The smallest absolute Gasteiger partial charge is 0.307 e. The minimum atomic E-state index is -0.318. The topological polar surface area (TPSA) is 46.6 Å². The SMILES string of the molecule is COC(=O)CCN(C)C(=O)C=Cc1ccccc1. The molecule has 96 valence electrons. The molecule has 0 atom stereocenters. The van der Waals surface area contributed by atoms with E-state index in [4.69, 9.17) is 0 Å². The minimum Gasteiger partial charge on any atom is -0.469 e. The van der Waals surface area contributed by atoms with Gasteiger partial charge in [-0.25, -0.2) is 0 Å². The van der Waals surface area contributed by atoms with E-state index in [1.54, 1.807) is 13.1 Å². The second kappa shape index (κ2) is 7.27. The predicted molar refractivity (Wildman–Crippen MR) is 69.7 cm³/mol. The molecule has 1 rings (SSSR count). The normalized spacial score (nSPS) is 10.3. The van der Waals surface area contributed by atoms with Crippen molar-refractivity contribution in [2.24, 2.45) is 0 Å². The zero-order valence-electron chi connectivity index (χ0n) is 10.6. The molecule has 0 aliphatic rings. The average Bonchev–Trinajstić information content (AvgIpc) is 2.42. The molecule has 1 aromatic rings. The minimum absolute atomic E-state index is 0.136. The molecule has 0 radical (unpaired) electrons. The Kier molecular flexibility index (Phi) is 5.64. The number of hydrogen-bond acceptors (Lipinski definition) is 3. The van der Waals surface area contributed by atoms with Crippen LogP contribution in [0.5, 0.6) is 0 Å². The lowest BCUT2D eigenvalue weighted by molar-refractivity contribution is -0.141. The molecule has 4 heteroatoms. The van der Waals surface area contributed by atoms with Crippen molar-refractivity contribution < 1.29 is 14.3 Å². The van der Waals surface area contributed by atoms with Gasteiger partial charge in [0.1, 0.15) is 0 Å². The molecule has 0 bridgehead atoms. The van der Waals surface area contributed by atoms with Crippen LogP contribution in [0.1, 0.15) is 12.0 Å². The summed E-state index contributed by atoms with van der Waals surface area (Å²) < 4.78 is 4.51. The molecule has 0 aliphatic heterocycles. The molecule has 4 nitrogen and oxygen atoms in total. The fourth-order valence-electron chi connectivity index (χ4n) is 1.33. The van der Waals surface area contributed by atoms with Gasteiger partial charge in [0, 0.05) is 19.7 Å². The maximum Gasteiger partial charge on any atom is 0.307 e. The van der Waals surface area contributed by atoms with E-state index >= 15 is 0 Å². The number of methoxy groups -OCH3 is 1. The highest BCUT2D eigenvalue weighted by Crippen LogP contribution is 2.02. The Bertz CT molecular complexity index is 426. The number of likely N-dealkylation sites (N-methyl/N-ethyl adjacent to an activating group) is 1. The Morgan fingerprint density at radius 3 is 2.56 bits per heavy atom. The zero-order chi connectivity index (χ0) is 13.4. The first kappa shape index (κ1) is 14.0. The van der Waals surface area contributed by atoms with Crippen LogP contribution in [0.25, 0.3) is 6.08 Å². The molecule has 18 heavy (non-hydrogen) atoms. The molecule has 0 heterocycles. The summed E-state index contributed by atoms with van der Waals surface area (Å²) in [6, 6.07) is 9.56. The Labute approximate surface area is 107 Å². The third-order valence-electron chi connectivity index (χ3n) is 2.47. The first-order chi connectivity index (χ1) is 8.63. The lowest BCUT2D eigenvalue weighted by Gasteiger charge is -2.13. The number of esters is 1. The fourth-order valence-corrected chi connectivity index (χ4v) is 1.33. The monoisotopic (exact) mass is 247 g/mol. The lowest BCUT2D eigenvalue weighted by Crippen LogP contribution is -2.27. The van der Waals surface area contributed by atoms with Gasteiger partial charge in [0.15, 0.2) is 0 Å². The van der Waals surface area contributed by atoms with Crippen LogP contribution in [0, 0.1) is 0 Å². The number of hydrogen-bond donors (Lipinski definition) is 0. The van der Waals surface area contributed by atoms with E-state index in [1.165, 1.54) is 18.1 Å². The Morgan fingerprint density at radius 1 is 1.28 bits per heavy atom. The quantitative estimate of drug-likeness (QED) is 0.588. The fraction of sp³-hybridized carbons (Fsp3) is 0.286. The van der Waals surface area contributed by atoms with Gasteiger partial charge in [-0.3, -0.25) is 9.59 Å². The maximum absolute atomic E-state index is 11.7. The average molecular weight is 247 g/mol. The molecular weight excluding hydrogens is 230 g/mol. The number of carbonyl (C=O) groups is 2. The molecule has 0 spiro atoms. The summed E-state index contributed by atoms with van der Waals surface area (Å²) in [5, 5.41) is 0. The molecule has 0 fully saturated rings. The van der Waals surface area contributed by atoms with Crippen molar-refractivity contribution in [2.75, 3.05) is 20.7 Å². The second-order valence-corrected chi connectivity index (χ2v) is 3.83. The molecule has 0 saturated carbocycles. The highest BCUT2D eigenvalue weighted by molar-refractivity contribution is 5.91. The Balaban J connectivity index is 2.45. The van der Waals surface area contributed by atoms with E-state index in [0.29, 0.717) is 6.54 Å². The van der Waals surface area contributed by atoms with Gasteiger partial charge in [-0.05, 0) is 11.6 Å². The van der Waals surface area contributed by atoms with Crippen molar-refractivity contribution in [1.29, 1.82) is 0 Å². The van der Waals surface area contributed by atoms with Crippen LogP contribution in [0.4, 0.5) is 0 Å². The van der Waals surface area contributed by atoms with E-state index in [0.717, 1.165) is 5.56 Å². The lowest BCUT2D eigenvalue weighted by atomic mass is 10.2. The van der Waals surface area contributed by atoms with Gasteiger partial charge in [-0.1, -0.05) is 30.3 Å². The zero-order valence-corrected chi connectivity index (χ0v) is 10.6. The van der Waals surface area contributed by atoms with Crippen LogP contribution in [-0.2, 0) is 14.3 Å². The van der Waals surface area contributed by atoms with Crippen molar-refractivity contribution in [1.82, 2.24) is 4.90 Å². The van der Waals surface area contributed by atoms with Crippen molar-refractivity contribution >= 4 is 18.0 Å². The van der Waals surface area contributed by atoms with E-state index in [-0.39, 0.29) is 18.3 Å². The first-order valence-electron chi connectivity index (χ1n) is 5.68. The number of carbonyl (C=O) groups excluding carboxylic acids is 2. The van der Waals surface area contributed by atoms with Gasteiger partial charge in [-0.15, -0.1) is 0 Å². The van der Waals surface area contributed by atoms with Crippen LogP contribution >= 0.6 is 0 Å². The summed E-state index contributed by atoms with van der Waals surface area (Å²) >= 11 is 0. The molecule has 1 aromatic carbocycles. The number of nitrogens with zero attached hydrogens (tertiary/aromatic N) is 1. The van der Waals surface area contributed by atoms with Crippen LogP contribution in [0.3, 0.4) is 0 Å². The first-order valence-corrected chi connectivity index (χ1v) is 5.68. The summed E-state index contributed by atoms with van der Waals surface area (Å²) in [4.78, 5) is 24.1. The van der Waals surface area contributed by atoms with Crippen molar-refractivity contribution in [2.45, 2.75) is 6.42 Å². The summed E-state index contributed by atoms with van der Waals surface area (Å²) in [5.41, 5.74) is 0.965. The van der Waals surface area contributed by atoms with E-state index < -0.39 is 0 Å². The third kappa shape index (κ3) is 4.82. The largest absolute Gasteiger partial charge is 0.469 e. The second-order valence-electron chi connectivity index (χ2n) is 3.83. The van der Waals surface area contributed by atoms with Gasteiger partial charge in [0.25, 0.3) is 0 Å². The Hall–Kier alpha value is -2.10. The number of benzene rings is 1. The summed E-state index contributed by atoms with van der Waals surface area (Å²) in [7, 11) is 2.99. The highest BCUT2D eigenvalue weighted by Gasteiger charge is 2.07. The van der Waals surface area contributed by atoms with E-state index in [1.807, 2.05) is 30.3 Å². The molecule has 0 aromatic heterocycles. The van der Waals surface area contributed by atoms with Crippen molar-refractivity contribution in [3.63, 3.8) is 0 Å². The highest BCUT2D eigenvalue weighted by atomic mass is 16.5. The number of ether oxygens (including phenoxy) is 1. The van der Waals surface area contributed by atoms with Crippen LogP contribution < -0.4 is 0 Å². The molecular formula is C14H17NO3. The summed E-state index contributed by atoms with van der Waals surface area (Å²) in [5.74, 6) is -0.454. The standard InChI is InChI=1S/C14H17NO3/c1-15(11-10-14(17)18-2)13(16)9-8-12-6-4-3-5-7-12/h3-9H,10-11H2,1-2H3. The van der Waals surface area contributed by atoms with Gasteiger partial charge < -0.3 is 9.64 Å². The van der Waals surface area contributed by atoms with Crippen LogP contribution in [-0.4, -0.2) is 37.5 Å². The number of amides is 1. The predicted octanol–water partition coefficient (Wildman–Crippen LogP) is 1.72. The molecule has 0 aliphatic carbocycles. The van der Waals surface area contributed by atoms with E-state index in [2.05, 4.69) is 4.74 Å². The maximum atomic E-state index is 11.7. The number of rotatable bonds is 5. The molecule has 1 amide bonds.